The summed E-state index contributed by atoms with van der Waals surface area (Å²) >= 11 is 0. The van der Waals surface area contributed by atoms with Crippen LogP contribution < -0.4 is 5.32 Å². The van der Waals surface area contributed by atoms with Gasteiger partial charge >= 0.3 is 0 Å². The standard InChI is InChI=1S/C20H25NO/c1-15-11-16(2)13-19(12-15)14-20(22)21-17(3)9-10-18-7-5-4-6-8-18/h4-8,11-13,17H,9-10,14H2,1-3H3,(H,21,22). The minimum Gasteiger partial charge on any atom is -0.353 e. The molecule has 22 heavy (non-hydrogen) atoms. The zero-order valence-electron chi connectivity index (χ0n) is 13.7. The number of hydrogen-bond acceptors (Lipinski definition) is 1. The van der Waals surface area contributed by atoms with E-state index in [0.717, 1.165) is 18.4 Å². The molecule has 0 aliphatic carbocycles. The van der Waals surface area contributed by atoms with E-state index in [1.54, 1.807) is 0 Å². The van der Waals surface area contributed by atoms with Gasteiger partial charge in [-0.25, -0.2) is 0 Å². The first kappa shape index (κ1) is 16.3. The van der Waals surface area contributed by atoms with Gasteiger partial charge in [0.25, 0.3) is 0 Å². The minimum absolute atomic E-state index is 0.102. The van der Waals surface area contributed by atoms with Gasteiger partial charge in [-0.3, -0.25) is 4.79 Å². The Bertz CT molecular complexity index is 599. The summed E-state index contributed by atoms with van der Waals surface area (Å²) in [5.41, 5.74) is 4.82. The minimum atomic E-state index is 0.102. The molecule has 1 N–H and O–H groups in total. The third-order valence-corrected chi connectivity index (χ3v) is 3.76. The maximum atomic E-state index is 12.1. The molecule has 2 aromatic rings. The molecule has 1 unspecified atom stereocenters. The number of carbonyl (C=O) groups excluding carboxylic acids is 1. The van der Waals surface area contributed by atoms with Gasteiger partial charge in [-0.2, -0.15) is 0 Å². The van der Waals surface area contributed by atoms with Crippen molar-refractivity contribution in [2.24, 2.45) is 0 Å². The average molecular weight is 295 g/mol. The first-order valence-electron chi connectivity index (χ1n) is 7.93. The van der Waals surface area contributed by atoms with Gasteiger partial charge in [0.2, 0.25) is 5.91 Å². The second-order valence-electron chi connectivity index (χ2n) is 6.17. The van der Waals surface area contributed by atoms with Crippen molar-refractivity contribution in [3.05, 3.63) is 70.8 Å². The van der Waals surface area contributed by atoms with Crippen LogP contribution in [-0.4, -0.2) is 11.9 Å². The summed E-state index contributed by atoms with van der Waals surface area (Å²) in [5, 5.41) is 3.10. The van der Waals surface area contributed by atoms with Crippen LogP contribution in [0.15, 0.2) is 48.5 Å². The second kappa shape index (κ2) is 7.79. The zero-order valence-corrected chi connectivity index (χ0v) is 13.7. The van der Waals surface area contributed by atoms with E-state index in [1.807, 2.05) is 6.07 Å². The van der Waals surface area contributed by atoms with Crippen molar-refractivity contribution in [3.63, 3.8) is 0 Å². The van der Waals surface area contributed by atoms with Gasteiger partial charge in [0.15, 0.2) is 0 Å². The molecular weight excluding hydrogens is 270 g/mol. The monoisotopic (exact) mass is 295 g/mol. The zero-order chi connectivity index (χ0) is 15.9. The van der Waals surface area contributed by atoms with E-state index in [2.05, 4.69) is 68.6 Å². The average Bonchev–Trinajstić information content (AvgIpc) is 2.45. The van der Waals surface area contributed by atoms with E-state index in [0.29, 0.717) is 6.42 Å². The predicted octanol–water partition coefficient (Wildman–Crippen LogP) is 3.98. The SMILES string of the molecule is Cc1cc(C)cc(CC(=O)NC(C)CCc2ccccc2)c1. The van der Waals surface area contributed by atoms with E-state index in [1.165, 1.54) is 16.7 Å². The Morgan fingerprint density at radius 1 is 1.00 bits per heavy atom. The van der Waals surface area contributed by atoms with Crippen molar-refractivity contribution in [2.75, 3.05) is 0 Å². The van der Waals surface area contributed by atoms with E-state index in [-0.39, 0.29) is 11.9 Å². The molecule has 0 fully saturated rings. The van der Waals surface area contributed by atoms with Gasteiger partial charge < -0.3 is 5.32 Å². The van der Waals surface area contributed by atoms with Gasteiger partial charge in [0.05, 0.1) is 6.42 Å². The molecule has 1 amide bonds. The smallest absolute Gasteiger partial charge is 0.224 e. The van der Waals surface area contributed by atoms with Gasteiger partial charge in [-0.1, -0.05) is 59.7 Å². The largest absolute Gasteiger partial charge is 0.353 e. The van der Waals surface area contributed by atoms with E-state index >= 15 is 0 Å². The fourth-order valence-electron chi connectivity index (χ4n) is 2.78. The number of hydrogen-bond donors (Lipinski definition) is 1. The lowest BCUT2D eigenvalue weighted by atomic mass is 10.0. The Morgan fingerprint density at radius 3 is 2.27 bits per heavy atom. The molecule has 2 aromatic carbocycles. The molecular formula is C20H25NO. The molecule has 0 bridgehead atoms. The molecule has 0 spiro atoms. The predicted molar refractivity (Wildman–Crippen MR) is 92.0 cm³/mol. The van der Waals surface area contributed by atoms with E-state index in [4.69, 9.17) is 0 Å². The highest BCUT2D eigenvalue weighted by Gasteiger charge is 2.09. The summed E-state index contributed by atoms with van der Waals surface area (Å²) in [6, 6.07) is 16.9. The summed E-state index contributed by atoms with van der Waals surface area (Å²) in [5.74, 6) is 0.102. The molecule has 0 saturated heterocycles. The highest BCUT2D eigenvalue weighted by Crippen LogP contribution is 2.10. The number of rotatable bonds is 6. The van der Waals surface area contributed by atoms with E-state index in [9.17, 15) is 4.79 Å². The topological polar surface area (TPSA) is 29.1 Å². The molecule has 2 rings (SSSR count). The lowest BCUT2D eigenvalue weighted by molar-refractivity contribution is -0.121. The Kier molecular flexibility index (Phi) is 5.76. The molecule has 0 radical (unpaired) electrons. The number of carbonyl (C=O) groups is 1. The van der Waals surface area contributed by atoms with Crippen molar-refractivity contribution in [3.8, 4) is 0 Å². The first-order valence-corrected chi connectivity index (χ1v) is 7.93. The lowest BCUT2D eigenvalue weighted by Crippen LogP contribution is -2.34. The maximum Gasteiger partial charge on any atom is 0.224 e. The first-order chi connectivity index (χ1) is 10.5. The molecule has 2 nitrogen and oxygen atoms in total. The normalized spacial score (nSPS) is 12.0. The van der Waals surface area contributed by atoms with Crippen molar-refractivity contribution in [1.82, 2.24) is 5.32 Å². The lowest BCUT2D eigenvalue weighted by Gasteiger charge is -2.14. The van der Waals surface area contributed by atoms with Crippen LogP contribution in [0.3, 0.4) is 0 Å². The van der Waals surface area contributed by atoms with Crippen LogP contribution in [0.4, 0.5) is 0 Å². The summed E-state index contributed by atoms with van der Waals surface area (Å²) in [6.45, 7) is 6.20. The van der Waals surface area contributed by atoms with Crippen LogP contribution in [0.1, 0.15) is 35.6 Å². The molecule has 1 atom stereocenters. The Morgan fingerprint density at radius 2 is 1.64 bits per heavy atom. The van der Waals surface area contributed by atoms with Crippen LogP contribution in [0.25, 0.3) is 0 Å². The molecule has 0 aliphatic rings. The van der Waals surface area contributed by atoms with Crippen LogP contribution >= 0.6 is 0 Å². The van der Waals surface area contributed by atoms with Crippen LogP contribution in [0.5, 0.6) is 0 Å². The quantitative estimate of drug-likeness (QED) is 0.858. The number of nitrogens with one attached hydrogen (secondary N) is 1. The summed E-state index contributed by atoms with van der Waals surface area (Å²) in [6.07, 6.45) is 2.41. The van der Waals surface area contributed by atoms with Crippen molar-refractivity contribution in [2.45, 2.75) is 46.1 Å². The summed E-state index contributed by atoms with van der Waals surface area (Å²) in [7, 11) is 0. The van der Waals surface area contributed by atoms with Crippen molar-refractivity contribution < 1.29 is 4.79 Å². The highest BCUT2D eigenvalue weighted by atomic mass is 16.1. The fraction of sp³-hybridized carbons (Fsp3) is 0.350. The van der Waals surface area contributed by atoms with Gasteiger partial charge in [-0.05, 0) is 44.7 Å². The van der Waals surface area contributed by atoms with Crippen LogP contribution in [-0.2, 0) is 17.6 Å². The van der Waals surface area contributed by atoms with Crippen LogP contribution in [0.2, 0.25) is 0 Å². The summed E-state index contributed by atoms with van der Waals surface area (Å²) < 4.78 is 0. The number of amides is 1. The van der Waals surface area contributed by atoms with Gasteiger partial charge in [-0.15, -0.1) is 0 Å². The number of benzene rings is 2. The van der Waals surface area contributed by atoms with Gasteiger partial charge in [0.1, 0.15) is 0 Å². The molecule has 0 aliphatic heterocycles. The van der Waals surface area contributed by atoms with Crippen molar-refractivity contribution in [1.29, 1.82) is 0 Å². The Balaban J connectivity index is 1.81. The second-order valence-corrected chi connectivity index (χ2v) is 6.17. The Hall–Kier alpha value is -2.09. The van der Waals surface area contributed by atoms with Crippen LogP contribution in [0, 0.1) is 13.8 Å². The maximum absolute atomic E-state index is 12.1. The molecule has 2 heteroatoms. The molecule has 0 saturated carbocycles. The fourth-order valence-corrected chi connectivity index (χ4v) is 2.78. The van der Waals surface area contributed by atoms with Gasteiger partial charge in [0, 0.05) is 6.04 Å². The molecule has 0 heterocycles. The third-order valence-electron chi connectivity index (χ3n) is 3.76. The molecule has 0 aromatic heterocycles. The summed E-state index contributed by atoms with van der Waals surface area (Å²) in [4.78, 5) is 12.1. The van der Waals surface area contributed by atoms with E-state index < -0.39 is 0 Å². The number of aryl methyl sites for hydroxylation is 3. The highest BCUT2D eigenvalue weighted by molar-refractivity contribution is 5.78. The van der Waals surface area contributed by atoms with Crippen molar-refractivity contribution >= 4 is 5.91 Å². The third kappa shape index (κ3) is 5.36. The Labute approximate surface area is 133 Å². The molecule has 116 valence electrons.